The van der Waals surface area contributed by atoms with Crippen LogP contribution in [0.15, 0.2) is 12.2 Å². The fourth-order valence-corrected chi connectivity index (χ4v) is 3.34. The van der Waals surface area contributed by atoms with Crippen LogP contribution in [0.5, 0.6) is 0 Å². The highest BCUT2D eigenvalue weighted by atomic mass is 16.5. The highest BCUT2D eigenvalue weighted by Gasteiger charge is 2.48. The van der Waals surface area contributed by atoms with E-state index in [0.29, 0.717) is 31.6 Å². The van der Waals surface area contributed by atoms with Gasteiger partial charge in [-0.1, -0.05) is 12.2 Å². The van der Waals surface area contributed by atoms with Crippen LogP contribution >= 0.6 is 0 Å². The van der Waals surface area contributed by atoms with Crippen LogP contribution in [0.2, 0.25) is 0 Å². The first kappa shape index (κ1) is 13.6. The Bertz CT molecular complexity index is 328. The molecule has 0 radical (unpaired) electrons. The molecular weight excluding hydrogens is 228 g/mol. The summed E-state index contributed by atoms with van der Waals surface area (Å²) in [5, 5.41) is 2.94. The first-order valence-corrected chi connectivity index (χ1v) is 6.85. The second kappa shape index (κ2) is 5.85. The Morgan fingerprint density at radius 1 is 1.44 bits per heavy atom. The smallest absolute Gasteiger partial charge is 0.225 e. The van der Waals surface area contributed by atoms with Crippen LogP contribution in [0, 0.1) is 17.8 Å². The molecule has 3 N–H and O–H groups in total. The van der Waals surface area contributed by atoms with Gasteiger partial charge < -0.3 is 15.8 Å². The monoisotopic (exact) mass is 252 g/mol. The number of carbonyl (C=O) groups is 1. The lowest BCUT2D eigenvalue weighted by atomic mass is 9.84. The summed E-state index contributed by atoms with van der Waals surface area (Å²) in [5.41, 5.74) is 7.13. The zero-order valence-corrected chi connectivity index (χ0v) is 11.2. The number of ether oxygens (including phenoxy) is 1. The number of amides is 1. The van der Waals surface area contributed by atoms with Crippen LogP contribution in [0.25, 0.3) is 0 Å². The average Bonchev–Trinajstić information content (AvgIpc) is 2.88. The Morgan fingerprint density at radius 2 is 2.17 bits per heavy atom. The maximum atomic E-state index is 12.1. The van der Waals surface area contributed by atoms with E-state index in [1.54, 1.807) is 0 Å². The molecule has 1 amide bonds. The van der Waals surface area contributed by atoms with Crippen LogP contribution in [-0.4, -0.2) is 31.7 Å². The predicted octanol–water partition coefficient (Wildman–Crippen LogP) is 1.07. The predicted molar refractivity (Wildman–Crippen MR) is 70.9 cm³/mol. The van der Waals surface area contributed by atoms with Crippen LogP contribution in [0.1, 0.15) is 26.2 Å². The van der Waals surface area contributed by atoms with Crippen LogP contribution in [-0.2, 0) is 9.53 Å². The van der Waals surface area contributed by atoms with Gasteiger partial charge in [-0.15, -0.1) is 0 Å². The number of hydrogen-bond acceptors (Lipinski definition) is 3. The van der Waals surface area contributed by atoms with E-state index in [2.05, 4.69) is 11.9 Å². The molecule has 18 heavy (non-hydrogen) atoms. The normalized spacial score (nSPS) is 33.7. The van der Waals surface area contributed by atoms with Crippen molar-refractivity contribution in [3.05, 3.63) is 12.2 Å². The lowest BCUT2D eigenvalue weighted by molar-refractivity contribution is -0.127. The van der Waals surface area contributed by atoms with Gasteiger partial charge in [-0.3, -0.25) is 4.79 Å². The maximum absolute atomic E-state index is 12.1. The van der Waals surface area contributed by atoms with Crippen molar-refractivity contribution >= 4 is 5.91 Å². The molecule has 0 aromatic heterocycles. The molecule has 2 aliphatic carbocycles. The molecule has 2 fully saturated rings. The van der Waals surface area contributed by atoms with Gasteiger partial charge in [0.15, 0.2) is 0 Å². The van der Waals surface area contributed by atoms with Crippen LogP contribution in [0.3, 0.4) is 0 Å². The number of rotatable bonds is 6. The van der Waals surface area contributed by atoms with Gasteiger partial charge in [0.25, 0.3) is 0 Å². The highest BCUT2D eigenvalue weighted by molar-refractivity contribution is 5.80. The molecular formula is C14H24N2O2. The fourth-order valence-electron chi connectivity index (χ4n) is 3.34. The molecule has 4 heteroatoms. The van der Waals surface area contributed by atoms with E-state index < -0.39 is 0 Å². The van der Waals surface area contributed by atoms with E-state index in [-0.39, 0.29) is 17.9 Å². The van der Waals surface area contributed by atoms with Crippen molar-refractivity contribution < 1.29 is 9.53 Å². The number of fused-ring (bicyclic) bond motifs is 2. The summed E-state index contributed by atoms with van der Waals surface area (Å²) >= 11 is 0. The summed E-state index contributed by atoms with van der Waals surface area (Å²) in [5.74, 6) is 1.24. The number of carbonyl (C=O) groups excluding carboxylic acids is 1. The molecule has 4 unspecified atom stereocenters. The Hall–Kier alpha value is -0.870. The fraction of sp³-hybridized carbons (Fsp3) is 0.786. The third-order valence-electron chi connectivity index (χ3n) is 4.18. The molecule has 4 atom stereocenters. The summed E-state index contributed by atoms with van der Waals surface area (Å²) in [6.45, 7) is 7.34. The van der Waals surface area contributed by atoms with Crippen molar-refractivity contribution in [2.24, 2.45) is 23.5 Å². The Labute approximate surface area is 109 Å². The van der Waals surface area contributed by atoms with E-state index in [0.717, 1.165) is 12.0 Å². The standard InChI is InChI=1S/C14H24N2O2/c1-9(2)8-18-6-5-16-14(17)12-10-3-4-11(7-10)13(12)15/h10-13H,1,3-8,15H2,2H3,(H,16,17). The highest BCUT2D eigenvalue weighted by Crippen LogP contribution is 2.47. The Balaban J connectivity index is 1.67. The van der Waals surface area contributed by atoms with Crippen molar-refractivity contribution in [2.45, 2.75) is 32.2 Å². The van der Waals surface area contributed by atoms with Gasteiger partial charge in [0.2, 0.25) is 5.91 Å². The number of hydrogen-bond donors (Lipinski definition) is 2. The number of nitrogens with one attached hydrogen (secondary N) is 1. The van der Waals surface area contributed by atoms with E-state index in [4.69, 9.17) is 10.5 Å². The summed E-state index contributed by atoms with van der Waals surface area (Å²) < 4.78 is 5.35. The number of nitrogens with two attached hydrogens (primary N) is 1. The largest absolute Gasteiger partial charge is 0.375 e. The van der Waals surface area contributed by atoms with Gasteiger partial charge in [0.05, 0.1) is 19.1 Å². The van der Waals surface area contributed by atoms with Gasteiger partial charge in [0.1, 0.15) is 0 Å². The maximum Gasteiger partial charge on any atom is 0.225 e. The van der Waals surface area contributed by atoms with Gasteiger partial charge in [0, 0.05) is 12.6 Å². The zero-order chi connectivity index (χ0) is 13.1. The first-order chi connectivity index (χ1) is 8.59. The lowest BCUT2D eigenvalue weighted by Gasteiger charge is -2.26. The SMILES string of the molecule is C=C(C)COCCNC(=O)C1C2CCC(C2)C1N. The molecule has 4 nitrogen and oxygen atoms in total. The van der Waals surface area contributed by atoms with Crippen molar-refractivity contribution in [3.8, 4) is 0 Å². The molecule has 0 aromatic rings. The molecule has 102 valence electrons. The molecule has 2 aliphatic rings. The minimum absolute atomic E-state index is 0.0323. The van der Waals surface area contributed by atoms with Crippen LogP contribution in [0.4, 0.5) is 0 Å². The van der Waals surface area contributed by atoms with Gasteiger partial charge in [-0.05, 0) is 38.0 Å². The summed E-state index contributed by atoms with van der Waals surface area (Å²) in [4.78, 5) is 12.1. The average molecular weight is 252 g/mol. The van der Waals surface area contributed by atoms with Gasteiger partial charge in [-0.25, -0.2) is 0 Å². The molecule has 2 saturated carbocycles. The third-order valence-corrected chi connectivity index (χ3v) is 4.18. The molecule has 0 saturated heterocycles. The summed E-state index contributed by atoms with van der Waals surface area (Å²) in [6, 6.07) is 0.0695. The minimum atomic E-state index is 0.0323. The molecule has 0 aromatic carbocycles. The Kier molecular flexibility index (Phi) is 4.40. The van der Waals surface area contributed by atoms with E-state index in [1.165, 1.54) is 12.8 Å². The summed E-state index contributed by atoms with van der Waals surface area (Å²) in [7, 11) is 0. The van der Waals surface area contributed by atoms with Crippen molar-refractivity contribution in [1.29, 1.82) is 0 Å². The minimum Gasteiger partial charge on any atom is -0.375 e. The topological polar surface area (TPSA) is 64.3 Å². The first-order valence-electron chi connectivity index (χ1n) is 6.85. The molecule has 0 heterocycles. The van der Waals surface area contributed by atoms with Crippen molar-refractivity contribution in [3.63, 3.8) is 0 Å². The summed E-state index contributed by atoms with van der Waals surface area (Å²) in [6.07, 6.45) is 3.52. The molecule has 0 spiro atoms. The molecule has 2 bridgehead atoms. The van der Waals surface area contributed by atoms with Gasteiger partial charge >= 0.3 is 0 Å². The van der Waals surface area contributed by atoms with E-state index in [1.807, 2.05) is 6.92 Å². The molecule has 0 aliphatic heterocycles. The lowest BCUT2D eigenvalue weighted by Crippen LogP contribution is -2.45. The quantitative estimate of drug-likeness (QED) is 0.549. The zero-order valence-electron chi connectivity index (χ0n) is 11.2. The van der Waals surface area contributed by atoms with Crippen molar-refractivity contribution in [1.82, 2.24) is 5.32 Å². The second-order valence-corrected chi connectivity index (χ2v) is 5.74. The van der Waals surface area contributed by atoms with Crippen molar-refractivity contribution in [2.75, 3.05) is 19.8 Å². The molecule has 2 rings (SSSR count). The Morgan fingerprint density at radius 3 is 2.78 bits per heavy atom. The van der Waals surface area contributed by atoms with Gasteiger partial charge in [-0.2, -0.15) is 0 Å². The second-order valence-electron chi connectivity index (χ2n) is 5.74. The van der Waals surface area contributed by atoms with Crippen LogP contribution < -0.4 is 11.1 Å². The van der Waals surface area contributed by atoms with E-state index in [9.17, 15) is 4.79 Å². The third kappa shape index (κ3) is 2.93. The van der Waals surface area contributed by atoms with E-state index >= 15 is 0 Å².